The quantitative estimate of drug-likeness (QED) is 0.792. The Hall–Kier alpha value is -1.71. The Balaban J connectivity index is 1.97. The van der Waals surface area contributed by atoms with E-state index in [1.807, 2.05) is 29.2 Å². The van der Waals surface area contributed by atoms with E-state index in [0.29, 0.717) is 12.2 Å². The van der Waals surface area contributed by atoms with Gasteiger partial charge in [0.05, 0.1) is 6.54 Å². The van der Waals surface area contributed by atoms with Gasteiger partial charge in [0.1, 0.15) is 11.9 Å². The van der Waals surface area contributed by atoms with Gasteiger partial charge in [0.15, 0.2) is 0 Å². The molecule has 1 aromatic carbocycles. The summed E-state index contributed by atoms with van der Waals surface area (Å²) in [5.41, 5.74) is 6.39. The second-order valence-electron chi connectivity index (χ2n) is 4.42. The average molecular weight is 234 g/mol. The first kappa shape index (κ1) is 11.8. The van der Waals surface area contributed by atoms with E-state index in [-0.39, 0.29) is 12.0 Å². The van der Waals surface area contributed by atoms with E-state index in [0.717, 1.165) is 25.1 Å². The monoisotopic (exact) mass is 234 g/mol. The summed E-state index contributed by atoms with van der Waals surface area (Å²) < 4.78 is 5.84. The van der Waals surface area contributed by atoms with Gasteiger partial charge in [-0.3, -0.25) is 4.79 Å². The third-order valence-electron chi connectivity index (χ3n) is 2.98. The number of carbonyl (C=O) groups is 1. The molecule has 0 aromatic heterocycles. The van der Waals surface area contributed by atoms with Gasteiger partial charge in [-0.15, -0.1) is 0 Å². The van der Waals surface area contributed by atoms with Gasteiger partial charge in [0.2, 0.25) is 5.91 Å². The Bertz CT molecular complexity index is 406. The molecule has 1 saturated heterocycles. The van der Waals surface area contributed by atoms with Crippen LogP contribution in [0.5, 0.6) is 5.75 Å². The molecule has 0 spiro atoms. The Labute approximate surface area is 101 Å². The first-order valence-electron chi connectivity index (χ1n) is 5.93. The van der Waals surface area contributed by atoms with Gasteiger partial charge in [-0.05, 0) is 25.0 Å². The maximum Gasteiger partial charge on any atom is 0.219 e. The molecule has 1 atom stereocenters. The summed E-state index contributed by atoms with van der Waals surface area (Å²) in [7, 11) is 0. The molecule has 4 heteroatoms. The van der Waals surface area contributed by atoms with E-state index < -0.39 is 0 Å². The number of piperidine rings is 1. The minimum Gasteiger partial charge on any atom is -0.489 e. The lowest BCUT2D eigenvalue weighted by atomic mass is 10.1. The van der Waals surface area contributed by atoms with Gasteiger partial charge in [-0.2, -0.15) is 0 Å². The number of nitrogen functional groups attached to an aromatic ring is 1. The summed E-state index contributed by atoms with van der Waals surface area (Å²) >= 11 is 0. The van der Waals surface area contributed by atoms with Crippen LogP contribution >= 0.6 is 0 Å². The van der Waals surface area contributed by atoms with Crippen molar-refractivity contribution in [2.75, 3.05) is 18.8 Å². The van der Waals surface area contributed by atoms with E-state index in [4.69, 9.17) is 10.5 Å². The molecule has 0 saturated carbocycles. The van der Waals surface area contributed by atoms with Crippen molar-refractivity contribution in [2.24, 2.45) is 0 Å². The van der Waals surface area contributed by atoms with Crippen LogP contribution in [0.15, 0.2) is 24.3 Å². The zero-order valence-electron chi connectivity index (χ0n) is 10.1. The van der Waals surface area contributed by atoms with Gasteiger partial charge < -0.3 is 15.4 Å². The molecule has 1 aliphatic heterocycles. The molecule has 2 N–H and O–H groups in total. The standard InChI is InChI=1S/C13H18N2O2/c1-10(16)15-7-3-6-13(9-15)17-12-5-2-4-11(14)8-12/h2,4-5,8,13H,3,6-7,9,14H2,1H3. The first-order valence-corrected chi connectivity index (χ1v) is 5.93. The number of benzene rings is 1. The lowest BCUT2D eigenvalue weighted by Crippen LogP contribution is -2.43. The third-order valence-corrected chi connectivity index (χ3v) is 2.98. The molecule has 1 fully saturated rings. The van der Waals surface area contributed by atoms with Crippen molar-refractivity contribution in [3.63, 3.8) is 0 Å². The van der Waals surface area contributed by atoms with E-state index in [2.05, 4.69) is 0 Å². The molecule has 2 rings (SSSR count). The summed E-state index contributed by atoms with van der Waals surface area (Å²) in [6, 6.07) is 7.40. The first-order chi connectivity index (χ1) is 8.15. The van der Waals surface area contributed by atoms with Crippen molar-refractivity contribution >= 4 is 11.6 Å². The molecule has 17 heavy (non-hydrogen) atoms. The van der Waals surface area contributed by atoms with Crippen molar-refractivity contribution in [1.29, 1.82) is 0 Å². The zero-order valence-corrected chi connectivity index (χ0v) is 10.1. The van der Waals surface area contributed by atoms with Crippen molar-refractivity contribution in [1.82, 2.24) is 4.90 Å². The van der Waals surface area contributed by atoms with Gasteiger partial charge >= 0.3 is 0 Å². The maximum atomic E-state index is 11.3. The summed E-state index contributed by atoms with van der Waals surface area (Å²) in [6.07, 6.45) is 2.06. The van der Waals surface area contributed by atoms with E-state index in [1.165, 1.54) is 0 Å². The highest BCUT2D eigenvalue weighted by Crippen LogP contribution is 2.20. The molecule has 92 valence electrons. The SMILES string of the molecule is CC(=O)N1CCCC(Oc2cccc(N)c2)C1. The minimum atomic E-state index is 0.0782. The molecular weight excluding hydrogens is 216 g/mol. The number of ether oxygens (including phenoxy) is 1. The Morgan fingerprint density at radius 2 is 2.35 bits per heavy atom. The molecule has 1 aromatic rings. The lowest BCUT2D eigenvalue weighted by Gasteiger charge is -2.32. The number of hydrogen-bond donors (Lipinski definition) is 1. The topological polar surface area (TPSA) is 55.6 Å². The molecular formula is C13H18N2O2. The highest BCUT2D eigenvalue weighted by Gasteiger charge is 2.22. The number of likely N-dealkylation sites (tertiary alicyclic amines) is 1. The van der Waals surface area contributed by atoms with Crippen LogP contribution in [0.4, 0.5) is 5.69 Å². The van der Waals surface area contributed by atoms with Crippen LogP contribution in [0.1, 0.15) is 19.8 Å². The van der Waals surface area contributed by atoms with Crippen LogP contribution in [0, 0.1) is 0 Å². The van der Waals surface area contributed by atoms with Crippen molar-refractivity contribution < 1.29 is 9.53 Å². The Morgan fingerprint density at radius 1 is 1.53 bits per heavy atom. The molecule has 1 amide bonds. The number of nitrogens with two attached hydrogens (primary N) is 1. The molecule has 1 heterocycles. The highest BCUT2D eigenvalue weighted by atomic mass is 16.5. The second kappa shape index (κ2) is 5.08. The number of anilines is 1. The Kier molecular flexibility index (Phi) is 3.52. The lowest BCUT2D eigenvalue weighted by molar-refractivity contribution is -0.131. The summed E-state index contributed by atoms with van der Waals surface area (Å²) in [5, 5.41) is 0. The Morgan fingerprint density at radius 3 is 3.06 bits per heavy atom. The average Bonchev–Trinajstić information content (AvgIpc) is 2.29. The molecule has 4 nitrogen and oxygen atoms in total. The molecule has 0 aliphatic carbocycles. The van der Waals surface area contributed by atoms with Crippen LogP contribution in [0.25, 0.3) is 0 Å². The predicted molar refractivity (Wildman–Crippen MR) is 66.8 cm³/mol. The number of carbonyl (C=O) groups excluding carboxylic acids is 1. The van der Waals surface area contributed by atoms with Gasteiger partial charge in [-0.1, -0.05) is 6.07 Å². The van der Waals surface area contributed by atoms with E-state index in [1.54, 1.807) is 6.92 Å². The second-order valence-corrected chi connectivity index (χ2v) is 4.42. The van der Waals surface area contributed by atoms with Gasteiger partial charge in [0, 0.05) is 25.2 Å². The molecule has 0 radical (unpaired) electrons. The highest BCUT2D eigenvalue weighted by molar-refractivity contribution is 5.73. The third kappa shape index (κ3) is 3.12. The van der Waals surface area contributed by atoms with Crippen molar-refractivity contribution in [3.05, 3.63) is 24.3 Å². The van der Waals surface area contributed by atoms with Crippen LogP contribution < -0.4 is 10.5 Å². The fraction of sp³-hybridized carbons (Fsp3) is 0.462. The molecule has 0 bridgehead atoms. The van der Waals surface area contributed by atoms with Crippen molar-refractivity contribution in [2.45, 2.75) is 25.9 Å². The van der Waals surface area contributed by atoms with Crippen LogP contribution in [-0.4, -0.2) is 30.0 Å². The van der Waals surface area contributed by atoms with Gasteiger partial charge in [-0.25, -0.2) is 0 Å². The summed E-state index contributed by atoms with van der Waals surface area (Å²) in [4.78, 5) is 13.1. The summed E-state index contributed by atoms with van der Waals surface area (Å²) in [6.45, 7) is 3.11. The summed E-state index contributed by atoms with van der Waals surface area (Å²) in [5.74, 6) is 0.895. The number of amides is 1. The van der Waals surface area contributed by atoms with Crippen molar-refractivity contribution in [3.8, 4) is 5.75 Å². The van der Waals surface area contributed by atoms with E-state index in [9.17, 15) is 4.79 Å². The largest absolute Gasteiger partial charge is 0.489 e. The molecule has 1 aliphatic rings. The van der Waals surface area contributed by atoms with Crippen LogP contribution in [0.2, 0.25) is 0 Å². The number of hydrogen-bond acceptors (Lipinski definition) is 3. The van der Waals surface area contributed by atoms with E-state index >= 15 is 0 Å². The fourth-order valence-corrected chi connectivity index (χ4v) is 2.10. The number of nitrogens with zero attached hydrogens (tertiary/aromatic N) is 1. The van der Waals surface area contributed by atoms with Crippen LogP contribution in [0.3, 0.4) is 0 Å². The zero-order chi connectivity index (χ0) is 12.3. The predicted octanol–water partition coefficient (Wildman–Crippen LogP) is 1.66. The smallest absolute Gasteiger partial charge is 0.219 e. The molecule has 1 unspecified atom stereocenters. The fourth-order valence-electron chi connectivity index (χ4n) is 2.10. The van der Waals surface area contributed by atoms with Gasteiger partial charge in [0.25, 0.3) is 0 Å². The minimum absolute atomic E-state index is 0.0782. The maximum absolute atomic E-state index is 11.3. The normalized spacial score (nSPS) is 20.1. The number of rotatable bonds is 2. The van der Waals surface area contributed by atoms with Crippen LogP contribution in [-0.2, 0) is 4.79 Å².